The molecular formula is C10H17N3O3S. The number of carboxylic acid groups (broad SMARTS) is 1. The van der Waals surface area contributed by atoms with E-state index >= 15 is 0 Å². The SMILES string of the molecule is COc1nc(N(C)C)sc1CNC(C)C(=O)O. The Balaban J connectivity index is 2.72. The van der Waals surface area contributed by atoms with E-state index in [2.05, 4.69) is 10.3 Å². The summed E-state index contributed by atoms with van der Waals surface area (Å²) in [6, 6.07) is -0.593. The predicted molar refractivity (Wildman–Crippen MR) is 66.9 cm³/mol. The molecule has 0 spiro atoms. The number of aliphatic carboxylic acids is 1. The molecule has 0 bridgehead atoms. The lowest BCUT2D eigenvalue weighted by Crippen LogP contribution is -2.32. The van der Waals surface area contributed by atoms with Gasteiger partial charge in [0, 0.05) is 20.6 Å². The van der Waals surface area contributed by atoms with Crippen molar-refractivity contribution in [2.24, 2.45) is 0 Å². The minimum absolute atomic E-state index is 0.433. The van der Waals surface area contributed by atoms with Crippen molar-refractivity contribution < 1.29 is 14.6 Å². The van der Waals surface area contributed by atoms with Gasteiger partial charge in [0.05, 0.1) is 12.0 Å². The molecule has 0 radical (unpaired) electrons. The third kappa shape index (κ3) is 3.57. The van der Waals surface area contributed by atoms with Gasteiger partial charge in [0.1, 0.15) is 6.04 Å². The Labute approximate surface area is 104 Å². The van der Waals surface area contributed by atoms with E-state index < -0.39 is 12.0 Å². The standard InChI is InChI=1S/C10H17N3O3S/c1-6(9(14)15)11-5-7-8(16-4)12-10(17-7)13(2)3/h6,11H,5H2,1-4H3,(H,14,15). The van der Waals surface area contributed by atoms with Crippen molar-refractivity contribution in [3.05, 3.63) is 4.88 Å². The van der Waals surface area contributed by atoms with Crippen LogP contribution in [0.3, 0.4) is 0 Å². The fourth-order valence-electron chi connectivity index (χ4n) is 1.12. The van der Waals surface area contributed by atoms with Crippen LogP contribution >= 0.6 is 11.3 Å². The zero-order valence-corrected chi connectivity index (χ0v) is 11.2. The zero-order chi connectivity index (χ0) is 13.0. The number of methoxy groups -OCH3 is 1. The fourth-order valence-corrected chi connectivity index (χ4v) is 2.02. The summed E-state index contributed by atoms with van der Waals surface area (Å²) < 4.78 is 5.15. The molecule has 1 aromatic heterocycles. The number of rotatable bonds is 6. The topological polar surface area (TPSA) is 74.7 Å². The normalized spacial score (nSPS) is 12.2. The Bertz CT molecular complexity index is 392. The first kappa shape index (κ1) is 13.7. The molecule has 0 aliphatic carbocycles. The summed E-state index contributed by atoms with van der Waals surface area (Å²) in [6.07, 6.45) is 0. The number of thiazole rings is 1. The van der Waals surface area contributed by atoms with Gasteiger partial charge in [0.25, 0.3) is 0 Å². The maximum atomic E-state index is 10.7. The Hall–Kier alpha value is -1.34. The average Bonchev–Trinajstić information content (AvgIpc) is 2.68. The van der Waals surface area contributed by atoms with Crippen LogP contribution in [0.2, 0.25) is 0 Å². The van der Waals surface area contributed by atoms with Gasteiger partial charge < -0.3 is 14.7 Å². The third-order valence-corrected chi connectivity index (χ3v) is 3.37. The quantitative estimate of drug-likeness (QED) is 0.786. The second kappa shape index (κ2) is 5.83. The lowest BCUT2D eigenvalue weighted by atomic mass is 10.3. The van der Waals surface area contributed by atoms with Crippen LogP contribution in [-0.4, -0.2) is 43.3 Å². The van der Waals surface area contributed by atoms with Crippen molar-refractivity contribution in [1.82, 2.24) is 10.3 Å². The number of hydrogen-bond donors (Lipinski definition) is 2. The molecule has 1 heterocycles. The molecule has 1 atom stereocenters. The molecule has 0 fully saturated rings. The molecule has 6 nitrogen and oxygen atoms in total. The van der Waals surface area contributed by atoms with Gasteiger partial charge in [-0.05, 0) is 6.92 Å². The summed E-state index contributed by atoms with van der Waals surface area (Å²) in [7, 11) is 5.35. The molecule has 1 unspecified atom stereocenters. The Morgan fingerprint density at radius 2 is 2.29 bits per heavy atom. The molecule has 0 saturated carbocycles. The molecule has 0 aliphatic rings. The Kier molecular flexibility index (Phi) is 4.71. The average molecular weight is 259 g/mol. The highest BCUT2D eigenvalue weighted by atomic mass is 32.1. The highest BCUT2D eigenvalue weighted by Gasteiger charge is 2.15. The highest BCUT2D eigenvalue weighted by molar-refractivity contribution is 7.15. The second-order valence-electron chi connectivity index (χ2n) is 3.76. The fraction of sp³-hybridized carbons (Fsp3) is 0.600. The summed E-state index contributed by atoms with van der Waals surface area (Å²) in [5, 5.41) is 12.5. The molecule has 1 rings (SSSR count). The number of anilines is 1. The van der Waals surface area contributed by atoms with Crippen LogP contribution in [0.1, 0.15) is 11.8 Å². The summed E-state index contributed by atoms with van der Waals surface area (Å²) >= 11 is 1.48. The van der Waals surface area contributed by atoms with Crippen molar-refractivity contribution >= 4 is 22.4 Å². The van der Waals surface area contributed by atoms with E-state index in [1.807, 2.05) is 19.0 Å². The van der Waals surface area contributed by atoms with Crippen molar-refractivity contribution in [2.45, 2.75) is 19.5 Å². The molecule has 17 heavy (non-hydrogen) atoms. The summed E-state index contributed by atoms with van der Waals surface area (Å²) in [4.78, 5) is 17.7. The van der Waals surface area contributed by atoms with E-state index in [0.29, 0.717) is 12.4 Å². The molecule has 0 aromatic carbocycles. The van der Waals surface area contributed by atoms with Crippen LogP contribution in [0.25, 0.3) is 0 Å². The number of nitrogens with one attached hydrogen (secondary N) is 1. The first-order valence-electron chi connectivity index (χ1n) is 5.13. The van der Waals surface area contributed by atoms with E-state index in [9.17, 15) is 4.79 Å². The highest BCUT2D eigenvalue weighted by Crippen LogP contribution is 2.30. The first-order chi connectivity index (χ1) is 7.95. The Morgan fingerprint density at radius 3 is 2.76 bits per heavy atom. The first-order valence-corrected chi connectivity index (χ1v) is 5.94. The monoisotopic (exact) mass is 259 g/mol. The van der Waals surface area contributed by atoms with E-state index in [1.165, 1.54) is 11.3 Å². The van der Waals surface area contributed by atoms with Gasteiger partial charge in [-0.25, -0.2) is 0 Å². The number of nitrogens with zero attached hydrogens (tertiary/aromatic N) is 2. The maximum absolute atomic E-state index is 10.7. The van der Waals surface area contributed by atoms with Crippen LogP contribution in [-0.2, 0) is 11.3 Å². The number of carboxylic acids is 1. The molecule has 2 N–H and O–H groups in total. The molecular weight excluding hydrogens is 242 g/mol. The second-order valence-corrected chi connectivity index (χ2v) is 4.83. The van der Waals surface area contributed by atoms with E-state index in [-0.39, 0.29) is 0 Å². The zero-order valence-electron chi connectivity index (χ0n) is 10.4. The van der Waals surface area contributed by atoms with Crippen LogP contribution in [0.15, 0.2) is 0 Å². The minimum Gasteiger partial charge on any atom is -0.480 e. The Morgan fingerprint density at radius 1 is 1.65 bits per heavy atom. The van der Waals surface area contributed by atoms with Crippen molar-refractivity contribution in [3.8, 4) is 5.88 Å². The van der Waals surface area contributed by atoms with Gasteiger partial charge in [-0.2, -0.15) is 4.98 Å². The lowest BCUT2D eigenvalue weighted by Gasteiger charge is -2.07. The maximum Gasteiger partial charge on any atom is 0.320 e. The summed E-state index contributed by atoms with van der Waals surface area (Å²) in [6.45, 7) is 2.03. The number of hydrogen-bond acceptors (Lipinski definition) is 6. The van der Waals surface area contributed by atoms with Gasteiger partial charge >= 0.3 is 5.97 Å². The smallest absolute Gasteiger partial charge is 0.320 e. The molecule has 0 amide bonds. The van der Waals surface area contributed by atoms with Gasteiger partial charge in [-0.1, -0.05) is 11.3 Å². The predicted octanol–water partition coefficient (Wildman–Crippen LogP) is 0.780. The number of ether oxygens (including phenoxy) is 1. The summed E-state index contributed by atoms with van der Waals surface area (Å²) in [5.41, 5.74) is 0. The molecule has 7 heteroatoms. The molecule has 96 valence electrons. The van der Waals surface area contributed by atoms with Gasteiger partial charge in [-0.3, -0.25) is 10.1 Å². The van der Waals surface area contributed by atoms with E-state index in [0.717, 1.165) is 10.0 Å². The van der Waals surface area contributed by atoms with E-state index in [1.54, 1.807) is 14.0 Å². The third-order valence-electron chi connectivity index (χ3n) is 2.17. The lowest BCUT2D eigenvalue weighted by molar-refractivity contribution is -0.139. The molecule has 1 aromatic rings. The van der Waals surface area contributed by atoms with Crippen LogP contribution in [0.4, 0.5) is 5.13 Å². The largest absolute Gasteiger partial charge is 0.480 e. The number of carbonyl (C=O) groups is 1. The minimum atomic E-state index is -0.874. The van der Waals surface area contributed by atoms with Crippen LogP contribution in [0.5, 0.6) is 5.88 Å². The van der Waals surface area contributed by atoms with Crippen molar-refractivity contribution in [1.29, 1.82) is 0 Å². The molecule has 0 saturated heterocycles. The van der Waals surface area contributed by atoms with Crippen molar-refractivity contribution in [2.75, 3.05) is 26.1 Å². The molecule has 0 aliphatic heterocycles. The van der Waals surface area contributed by atoms with Gasteiger partial charge in [0.2, 0.25) is 5.88 Å². The van der Waals surface area contributed by atoms with Gasteiger partial charge in [0.15, 0.2) is 5.13 Å². The van der Waals surface area contributed by atoms with Crippen LogP contribution < -0.4 is 15.0 Å². The van der Waals surface area contributed by atoms with Crippen LogP contribution in [0, 0.1) is 0 Å². The number of aromatic nitrogens is 1. The summed E-state index contributed by atoms with van der Waals surface area (Å²) in [5.74, 6) is -0.329. The van der Waals surface area contributed by atoms with E-state index in [4.69, 9.17) is 9.84 Å². The van der Waals surface area contributed by atoms with Crippen molar-refractivity contribution in [3.63, 3.8) is 0 Å². The van der Waals surface area contributed by atoms with Gasteiger partial charge in [-0.15, -0.1) is 0 Å².